The van der Waals surface area contributed by atoms with Crippen LogP contribution in [0.2, 0.25) is 5.15 Å². The van der Waals surface area contributed by atoms with Gasteiger partial charge in [-0.1, -0.05) is 23.4 Å². The Kier molecular flexibility index (Phi) is 5.21. The van der Waals surface area contributed by atoms with Crippen LogP contribution in [0, 0.1) is 0 Å². The predicted molar refractivity (Wildman–Crippen MR) is 74.9 cm³/mol. The maximum absolute atomic E-state index is 5.90. The number of thioether (sulfide) groups is 2. The van der Waals surface area contributed by atoms with Gasteiger partial charge in [-0.25, -0.2) is 9.97 Å². The van der Waals surface area contributed by atoms with Crippen LogP contribution in [0.5, 0.6) is 0 Å². The Balaban J connectivity index is 2.70. The van der Waals surface area contributed by atoms with E-state index in [2.05, 4.69) is 35.4 Å². The van der Waals surface area contributed by atoms with Crippen molar-refractivity contribution in [2.75, 3.05) is 24.4 Å². The smallest absolute Gasteiger partial charge is 0.190 e. The lowest BCUT2D eigenvalue weighted by molar-refractivity contribution is 0.747. The summed E-state index contributed by atoms with van der Waals surface area (Å²) >= 11 is 9.20. The number of nitrogens with one attached hydrogen (secondary N) is 1. The molecule has 0 aliphatic carbocycles. The van der Waals surface area contributed by atoms with Crippen molar-refractivity contribution in [2.45, 2.75) is 23.8 Å². The van der Waals surface area contributed by atoms with Crippen molar-refractivity contribution in [3.05, 3.63) is 11.2 Å². The monoisotopic (exact) mass is 277 g/mol. The van der Waals surface area contributed by atoms with E-state index in [9.17, 15) is 0 Å². The number of hydrogen-bond donors (Lipinski definition) is 1. The molecule has 0 aromatic carbocycles. The van der Waals surface area contributed by atoms with E-state index in [4.69, 9.17) is 11.6 Å². The van der Waals surface area contributed by atoms with E-state index in [1.165, 1.54) is 11.8 Å². The van der Waals surface area contributed by atoms with Crippen LogP contribution >= 0.6 is 35.1 Å². The molecule has 6 heteroatoms. The molecule has 0 unspecified atom stereocenters. The molecular weight excluding hydrogens is 262 g/mol. The molecule has 1 N–H and O–H groups in total. The minimum Gasteiger partial charge on any atom is -0.369 e. The third-order valence-electron chi connectivity index (χ3n) is 2.10. The molecule has 1 heterocycles. The van der Waals surface area contributed by atoms with Gasteiger partial charge in [-0.15, -0.1) is 0 Å². The second-order valence-corrected chi connectivity index (χ2v) is 6.55. The molecule has 0 amide bonds. The zero-order valence-electron chi connectivity index (χ0n) is 9.87. The number of nitrogens with zero attached hydrogens (tertiary/aromatic N) is 2. The van der Waals surface area contributed by atoms with Gasteiger partial charge in [0.25, 0.3) is 0 Å². The summed E-state index contributed by atoms with van der Waals surface area (Å²) in [6.45, 7) is 5.21. The van der Waals surface area contributed by atoms with Crippen LogP contribution in [0.25, 0.3) is 0 Å². The maximum atomic E-state index is 5.90. The van der Waals surface area contributed by atoms with E-state index in [0.717, 1.165) is 12.4 Å². The summed E-state index contributed by atoms with van der Waals surface area (Å²) < 4.78 is 0.178. The van der Waals surface area contributed by atoms with Crippen molar-refractivity contribution in [3.63, 3.8) is 0 Å². The summed E-state index contributed by atoms with van der Waals surface area (Å²) in [5.41, 5.74) is 0. The molecule has 0 saturated carbocycles. The Hall–Kier alpha value is -0.130. The van der Waals surface area contributed by atoms with Crippen molar-refractivity contribution < 1.29 is 0 Å². The largest absolute Gasteiger partial charge is 0.369 e. The number of hydrogen-bond acceptors (Lipinski definition) is 5. The van der Waals surface area contributed by atoms with E-state index in [-0.39, 0.29) is 4.75 Å². The number of rotatable bonds is 5. The van der Waals surface area contributed by atoms with Gasteiger partial charge < -0.3 is 5.32 Å². The van der Waals surface area contributed by atoms with Crippen LogP contribution in [0.4, 0.5) is 5.82 Å². The van der Waals surface area contributed by atoms with Gasteiger partial charge in [0.2, 0.25) is 0 Å². The van der Waals surface area contributed by atoms with Crippen LogP contribution < -0.4 is 5.32 Å². The molecule has 0 aliphatic heterocycles. The first-order valence-corrected chi connectivity index (χ1v) is 7.67. The molecule has 0 radical (unpaired) electrons. The Morgan fingerprint density at radius 2 is 2.06 bits per heavy atom. The van der Waals surface area contributed by atoms with E-state index in [1.807, 2.05) is 18.0 Å². The Bertz CT molecular complexity index is 358. The minimum atomic E-state index is 0.178. The van der Waals surface area contributed by atoms with Crippen molar-refractivity contribution in [1.82, 2.24) is 9.97 Å². The highest BCUT2D eigenvalue weighted by Gasteiger charge is 2.15. The molecule has 0 bridgehead atoms. The van der Waals surface area contributed by atoms with Gasteiger partial charge in [0, 0.05) is 17.4 Å². The highest BCUT2D eigenvalue weighted by Crippen LogP contribution is 2.22. The lowest BCUT2D eigenvalue weighted by Crippen LogP contribution is -2.26. The molecule has 3 nitrogen and oxygen atoms in total. The minimum absolute atomic E-state index is 0.178. The molecule has 0 saturated heterocycles. The van der Waals surface area contributed by atoms with Crippen molar-refractivity contribution >= 4 is 40.9 Å². The maximum Gasteiger partial charge on any atom is 0.190 e. The fourth-order valence-corrected chi connectivity index (χ4v) is 1.78. The lowest BCUT2D eigenvalue weighted by Gasteiger charge is -2.22. The van der Waals surface area contributed by atoms with Gasteiger partial charge in [-0.3, -0.25) is 0 Å². The second-order valence-electron chi connectivity index (χ2n) is 3.88. The molecule has 16 heavy (non-hydrogen) atoms. The first-order valence-electron chi connectivity index (χ1n) is 4.84. The topological polar surface area (TPSA) is 37.8 Å². The lowest BCUT2D eigenvalue weighted by atomic mass is 10.2. The SMILES string of the molecule is CSc1nc(Cl)cc(NCC(C)(C)SC)n1. The summed E-state index contributed by atoms with van der Waals surface area (Å²) in [5, 5.41) is 4.45. The molecule has 0 atom stereocenters. The summed E-state index contributed by atoms with van der Waals surface area (Å²) in [6, 6.07) is 1.75. The average Bonchev–Trinajstić information content (AvgIpc) is 2.26. The highest BCUT2D eigenvalue weighted by atomic mass is 35.5. The Morgan fingerprint density at radius 1 is 1.38 bits per heavy atom. The Labute approximate surface area is 110 Å². The van der Waals surface area contributed by atoms with Crippen molar-refractivity contribution in [2.24, 2.45) is 0 Å². The van der Waals surface area contributed by atoms with Crippen LogP contribution in [0.15, 0.2) is 11.2 Å². The van der Waals surface area contributed by atoms with Gasteiger partial charge in [0.1, 0.15) is 11.0 Å². The molecular formula is C10H16ClN3S2. The van der Waals surface area contributed by atoms with Crippen molar-refractivity contribution in [3.8, 4) is 0 Å². The second kappa shape index (κ2) is 5.98. The summed E-state index contributed by atoms with van der Waals surface area (Å²) in [4.78, 5) is 8.43. The first-order chi connectivity index (χ1) is 7.46. The molecule has 0 fully saturated rings. The number of halogens is 1. The Morgan fingerprint density at radius 3 is 2.62 bits per heavy atom. The normalized spacial score (nSPS) is 11.6. The molecule has 1 aromatic heterocycles. The molecule has 0 aliphatic rings. The standard InChI is InChI=1S/C10H16ClN3S2/c1-10(2,16-4)6-12-8-5-7(11)13-9(14-8)15-3/h5H,6H2,1-4H3,(H,12,13,14). The number of anilines is 1. The van der Waals surface area contributed by atoms with Gasteiger partial charge in [0.15, 0.2) is 5.16 Å². The van der Waals surface area contributed by atoms with Gasteiger partial charge >= 0.3 is 0 Å². The number of aromatic nitrogens is 2. The molecule has 90 valence electrons. The highest BCUT2D eigenvalue weighted by molar-refractivity contribution is 8.00. The molecule has 1 rings (SSSR count). The first kappa shape index (κ1) is 13.9. The predicted octanol–water partition coefficient (Wildman–Crippen LogP) is 3.41. The summed E-state index contributed by atoms with van der Waals surface area (Å²) in [7, 11) is 0. The van der Waals surface area contributed by atoms with E-state index < -0.39 is 0 Å². The zero-order chi connectivity index (χ0) is 12.2. The van der Waals surface area contributed by atoms with Crippen LogP contribution in [-0.4, -0.2) is 33.8 Å². The molecule has 1 aromatic rings. The quantitative estimate of drug-likeness (QED) is 0.507. The van der Waals surface area contributed by atoms with Crippen molar-refractivity contribution in [1.29, 1.82) is 0 Å². The fraction of sp³-hybridized carbons (Fsp3) is 0.600. The average molecular weight is 278 g/mol. The van der Waals surface area contributed by atoms with Gasteiger partial charge in [-0.2, -0.15) is 11.8 Å². The van der Waals surface area contributed by atoms with Crippen LogP contribution in [-0.2, 0) is 0 Å². The van der Waals surface area contributed by atoms with Gasteiger partial charge in [0.05, 0.1) is 0 Å². The molecule has 0 spiro atoms. The third-order valence-corrected chi connectivity index (χ3v) is 4.10. The van der Waals surface area contributed by atoms with E-state index in [1.54, 1.807) is 6.07 Å². The summed E-state index contributed by atoms with van der Waals surface area (Å²) in [5.74, 6) is 0.784. The van der Waals surface area contributed by atoms with E-state index >= 15 is 0 Å². The van der Waals surface area contributed by atoms with Gasteiger partial charge in [-0.05, 0) is 26.4 Å². The summed E-state index contributed by atoms with van der Waals surface area (Å²) in [6.07, 6.45) is 4.03. The zero-order valence-corrected chi connectivity index (χ0v) is 12.3. The van der Waals surface area contributed by atoms with Crippen LogP contribution in [0.1, 0.15) is 13.8 Å². The van der Waals surface area contributed by atoms with E-state index in [0.29, 0.717) is 10.3 Å². The fourth-order valence-electron chi connectivity index (χ4n) is 0.954. The third kappa shape index (κ3) is 4.39. The van der Waals surface area contributed by atoms with Crippen LogP contribution in [0.3, 0.4) is 0 Å².